The van der Waals surface area contributed by atoms with Gasteiger partial charge in [-0.2, -0.15) is 0 Å². The van der Waals surface area contributed by atoms with Gasteiger partial charge in [0.15, 0.2) is 12.4 Å². The lowest BCUT2D eigenvalue weighted by Crippen LogP contribution is -2.29. The Hall–Kier alpha value is -4.79. The number of rotatable bonds is 8. The number of esters is 1. The summed E-state index contributed by atoms with van der Waals surface area (Å²) in [6, 6.07) is 17.5. The van der Waals surface area contributed by atoms with E-state index in [1.54, 1.807) is 54.6 Å². The minimum absolute atomic E-state index is 0.0465. The van der Waals surface area contributed by atoms with Crippen LogP contribution in [-0.4, -0.2) is 48.1 Å². The summed E-state index contributed by atoms with van der Waals surface area (Å²) in [6.07, 6.45) is 0. The van der Waals surface area contributed by atoms with Crippen molar-refractivity contribution in [3.05, 3.63) is 94.5 Å². The van der Waals surface area contributed by atoms with E-state index in [0.29, 0.717) is 27.9 Å². The van der Waals surface area contributed by atoms with Gasteiger partial charge in [-0.25, -0.2) is 4.79 Å². The van der Waals surface area contributed by atoms with Crippen molar-refractivity contribution in [3.63, 3.8) is 0 Å². The lowest BCUT2D eigenvalue weighted by Gasteiger charge is -2.16. The molecule has 36 heavy (non-hydrogen) atoms. The minimum Gasteiger partial charge on any atom is -0.496 e. The Bertz CT molecular complexity index is 1340. The summed E-state index contributed by atoms with van der Waals surface area (Å²) in [7, 11) is 1.38. The van der Waals surface area contributed by atoms with Crippen LogP contribution in [0.4, 0.5) is 5.69 Å². The molecule has 9 heteroatoms. The van der Waals surface area contributed by atoms with Gasteiger partial charge in [0.25, 0.3) is 17.7 Å². The zero-order chi connectivity index (χ0) is 25.8. The molecule has 1 aliphatic rings. The van der Waals surface area contributed by atoms with Gasteiger partial charge in [-0.1, -0.05) is 18.2 Å². The number of carbonyl (C=O) groups excluding carboxylic acids is 5. The molecule has 182 valence electrons. The molecule has 0 bridgehead atoms. The summed E-state index contributed by atoms with van der Waals surface area (Å²) in [6.45, 7) is 0.836. The van der Waals surface area contributed by atoms with E-state index >= 15 is 0 Å². The third-order valence-electron chi connectivity index (χ3n) is 5.61. The van der Waals surface area contributed by atoms with E-state index in [1.165, 1.54) is 26.2 Å². The van der Waals surface area contributed by atoms with E-state index in [1.807, 2.05) is 0 Å². The predicted molar refractivity (Wildman–Crippen MR) is 129 cm³/mol. The van der Waals surface area contributed by atoms with Crippen LogP contribution in [0, 0.1) is 0 Å². The highest BCUT2D eigenvalue weighted by Crippen LogP contribution is 2.26. The van der Waals surface area contributed by atoms with E-state index in [2.05, 4.69) is 5.32 Å². The van der Waals surface area contributed by atoms with Gasteiger partial charge in [0.1, 0.15) is 11.3 Å². The summed E-state index contributed by atoms with van der Waals surface area (Å²) < 4.78 is 10.4. The number of anilines is 1. The van der Waals surface area contributed by atoms with E-state index in [-0.39, 0.29) is 23.6 Å². The summed E-state index contributed by atoms with van der Waals surface area (Å²) in [4.78, 5) is 62.7. The van der Waals surface area contributed by atoms with Crippen LogP contribution in [-0.2, 0) is 16.1 Å². The van der Waals surface area contributed by atoms with Crippen molar-refractivity contribution < 1.29 is 33.4 Å². The maximum absolute atomic E-state index is 12.7. The molecule has 3 aromatic rings. The third kappa shape index (κ3) is 5.00. The van der Waals surface area contributed by atoms with Gasteiger partial charge in [-0.15, -0.1) is 0 Å². The number of fused-ring (bicyclic) bond motifs is 1. The van der Waals surface area contributed by atoms with Crippen LogP contribution < -0.4 is 10.1 Å². The smallest absolute Gasteiger partial charge is 0.342 e. The molecule has 0 radical (unpaired) electrons. The second-order valence-electron chi connectivity index (χ2n) is 8.03. The largest absolute Gasteiger partial charge is 0.496 e. The summed E-state index contributed by atoms with van der Waals surface area (Å²) in [5, 5.41) is 2.58. The standard InChI is InChI=1S/C27H22N2O7/c1-16(30)18-8-10-19(11-9-18)28-24(31)15-36-27(34)22-13-17(7-12-23(22)35-2)14-29-25(32)20-5-3-4-6-21(20)26(29)33/h3-13H,14-15H2,1-2H3,(H,28,31). The summed E-state index contributed by atoms with van der Waals surface area (Å²) >= 11 is 0. The molecule has 0 aromatic heterocycles. The van der Waals surface area contributed by atoms with Gasteiger partial charge in [0.2, 0.25) is 0 Å². The number of ether oxygens (including phenoxy) is 2. The van der Waals surface area contributed by atoms with Crippen LogP contribution >= 0.6 is 0 Å². The Morgan fingerprint density at radius 2 is 1.53 bits per heavy atom. The number of methoxy groups -OCH3 is 1. The first-order valence-electron chi connectivity index (χ1n) is 11.0. The van der Waals surface area contributed by atoms with Crippen molar-refractivity contribution in [3.8, 4) is 5.75 Å². The molecule has 0 spiro atoms. The zero-order valence-electron chi connectivity index (χ0n) is 19.6. The second kappa shape index (κ2) is 10.2. The Morgan fingerprint density at radius 1 is 0.889 bits per heavy atom. The first-order chi connectivity index (χ1) is 17.3. The quantitative estimate of drug-likeness (QED) is 0.294. The summed E-state index contributed by atoms with van der Waals surface area (Å²) in [5.74, 6) is -2.09. The molecule has 0 saturated carbocycles. The Labute approximate surface area is 206 Å². The van der Waals surface area contributed by atoms with Gasteiger partial charge in [-0.05, 0) is 61.0 Å². The highest BCUT2D eigenvalue weighted by Gasteiger charge is 2.35. The molecule has 4 rings (SSSR count). The average Bonchev–Trinajstić information content (AvgIpc) is 3.12. The highest BCUT2D eigenvalue weighted by molar-refractivity contribution is 6.21. The molecule has 0 atom stereocenters. The van der Waals surface area contributed by atoms with Gasteiger partial charge >= 0.3 is 5.97 Å². The molecule has 1 aliphatic heterocycles. The SMILES string of the molecule is COc1ccc(CN2C(=O)c3ccccc3C2=O)cc1C(=O)OCC(=O)Nc1ccc(C(C)=O)cc1. The molecular weight excluding hydrogens is 464 g/mol. The van der Waals surface area contributed by atoms with Crippen LogP contribution in [0.25, 0.3) is 0 Å². The van der Waals surface area contributed by atoms with Crippen molar-refractivity contribution in [2.45, 2.75) is 13.5 Å². The van der Waals surface area contributed by atoms with Crippen LogP contribution in [0.2, 0.25) is 0 Å². The Balaban J connectivity index is 1.42. The monoisotopic (exact) mass is 486 g/mol. The first kappa shape index (κ1) is 24.3. The van der Waals surface area contributed by atoms with Crippen LogP contribution in [0.3, 0.4) is 0 Å². The van der Waals surface area contributed by atoms with Crippen LogP contribution in [0.1, 0.15) is 53.9 Å². The average molecular weight is 486 g/mol. The van der Waals surface area contributed by atoms with Crippen LogP contribution in [0.5, 0.6) is 5.75 Å². The number of hydrogen-bond donors (Lipinski definition) is 1. The van der Waals surface area contributed by atoms with Crippen LogP contribution in [0.15, 0.2) is 66.7 Å². The van der Waals surface area contributed by atoms with Crippen molar-refractivity contribution in [2.75, 3.05) is 19.0 Å². The minimum atomic E-state index is -0.807. The lowest BCUT2D eigenvalue weighted by molar-refractivity contribution is -0.119. The van der Waals surface area contributed by atoms with Crippen molar-refractivity contribution in [2.24, 2.45) is 0 Å². The number of nitrogens with zero attached hydrogens (tertiary/aromatic N) is 1. The fourth-order valence-electron chi connectivity index (χ4n) is 3.77. The van der Waals surface area contributed by atoms with Gasteiger partial charge < -0.3 is 14.8 Å². The fraction of sp³-hybridized carbons (Fsp3) is 0.148. The lowest BCUT2D eigenvalue weighted by atomic mass is 10.1. The first-order valence-corrected chi connectivity index (χ1v) is 11.0. The van der Waals surface area contributed by atoms with Gasteiger partial charge in [0, 0.05) is 11.3 Å². The molecule has 0 saturated heterocycles. The van der Waals surface area contributed by atoms with Crippen molar-refractivity contribution in [1.29, 1.82) is 0 Å². The number of benzene rings is 3. The topological polar surface area (TPSA) is 119 Å². The molecular formula is C27H22N2O7. The molecule has 3 amide bonds. The summed E-state index contributed by atoms with van der Waals surface area (Å²) in [5.41, 5.74) is 2.17. The number of amides is 3. The third-order valence-corrected chi connectivity index (χ3v) is 5.61. The van der Waals surface area contributed by atoms with Gasteiger partial charge in [0.05, 0.1) is 24.8 Å². The Kier molecular flexibility index (Phi) is 6.91. The number of imide groups is 1. The normalized spacial score (nSPS) is 12.2. The van der Waals surface area contributed by atoms with Crippen molar-refractivity contribution >= 4 is 35.2 Å². The number of hydrogen-bond acceptors (Lipinski definition) is 7. The molecule has 0 unspecified atom stereocenters. The maximum atomic E-state index is 12.7. The second-order valence-corrected chi connectivity index (χ2v) is 8.03. The molecule has 9 nitrogen and oxygen atoms in total. The van der Waals surface area contributed by atoms with E-state index in [9.17, 15) is 24.0 Å². The zero-order valence-corrected chi connectivity index (χ0v) is 19.6. The predicted octanol–water partition coefficient (Wildman–Crippen LogP) is 3.49. The molecule has 0 aliphatic carbocycles. The fourth-order valence-corrected chi connectivity index (χ4v) is 3.77. The van der Waals surface area contributed by atoms with E-state index in [4.69, 9.17) is 9.47 Å². The molecule has 1 N–H and O–H groups in total. The molecule has 1 heterocycles. The highest BCUT2D eigenvalue weighted by atomic mass is 16.5. The number of nitrogens with one attached hydrogen (secondary N) is 1. The van der Waals surface area contributed by atoms with Crippen molar-refractivity contribution in [1.82, 2.24) is 4.90 Å². The molecule has 3 aromatic carbocycles. The van der Waals surface area contributed by atoms with Gasteiger partial charge in [-0.3, -0.25) is 24.1 Å². The number of Topliss-reactive ketones (excluding diaryl/α,β-unsaturated/α-hetero) is 1. The van der Waals surface area contributed by atoms with E-state index in [0.717, 1.165) is 4.90 Å². The maximum Gasteiger partial charge on any atom is 0.342 e. The Morgan fingerprint density at radius 3 is 2.11 bits per heavy atom. The molecule has 0 fully saturated rings. The van der Waals surface area contributed by atoms with E-state index < -0.39 is 30.3 Å². The number of carbonyl (C=O) groups is 5. The number of ketones is 1.